The van der Waals surface area contributed by atoms with E-state index in [0.717, 1.165) is 44.7 Å². The molecule has 3 aromatic heterocycles. The van der Waals surface area contributed by atoms with Crippen molar-refractivity contribution in [2.24, 2.45) is 0 Å². The Kier molecular flexibility index (Phi) is 6.00. The first-order valence-electron chi connectivity index (χ1n) is 15.6. The molecule has 0 radical (unpaired) electrons. The highest BCUT2D eigenvalue weighted by Gasteiger charge is 2.19. The lowest BCUT2D eigenvalue weighted by Gasteiger charge is -2.25. The molecule has 0 unspecified atom stereocenters. The molecule has 0 N–H and O–H groups in total. The van der Waals surface area contributed by atoms with E-state index in [2.05, 4.69) is 167 Å². The molecule has 4 heteroatoms. The van der Waals surface area contributed by atoms with Gasteiger partial charge in [-0.1, -0.05) is 72.8 Å². The highest BCUT2D eigenvalue weighted by Crippen LogP contribution is 2.41. The number of fused-ring (bicyclic) bond motifs is 6. The molecule has 0 aliphatic rings. The molecule has 0 fully saturated rings. The Balaban J connectivity index is 1.22. The fraction of sp³-hybridized carbons (Fsp3) is 0.0238. The third kappa shape index (κ3) is 4.11. The SMILES string of the molecule is Cc1c(-c2ccc3c(c2)oc2ncccc23)cccc1-n1c2ccccc2c2cc(N(c3ccccc3)c3ccccc3)ccc21. The number of hydrogen-bond acceptors (Lipinski definition) is 3. The first-order chi connectivity index (χ1) is 22.7. The zero-order valence-electron chi connectivity index (χ0n) is 25.3. The van der Waals surface area contributed by atoms with Crippen LogP contribution in [0, 0.1) is 6.92 Å². The Morgan fingerprint density at radius 2 is 1.26 bits per heavy atom. The second-order valence-corrected chi connectivity index (χ2v) is 11.7. The number of hydrogen-bond donors (Lipinski definition) is 0. The third-order valence-corrected chi connectivity index (χ3v) is 9.05. The molecule has 0 atom stereocenters. The van der Waals surface area contributed by atoms with Crippen molar-refractivity contribution in [3.8, 4) is 16.8 Å². The van der Waals surface area contributed by atoms with E-state index in [-0.39, 0.29) is 0 Å². The molecule has 0 amide bonds. The standard InChI is InChI=1S/C42H29N3O/c1-28-33(29-21-23-35-36-18-11-25-43-42(36)46-41(35)26-29)17-10-20-38(28)45-39-19-9-8-16-34(39)37-27-32(22-24-40(37)45)44(30-12-4-2-5-13-30)31-14-6-3-7-15-31/h2-27H,1H3. The quantitative estimate of drug-likeness (QED) is 0.200. The van der Waals surface area contributed by atoms with Crippen LogP contribution in [0.4, 0.5) is 17.1 Å². The number of aromatic nitrogens is 2. The normalized spacial score (nSPS) is 11.6. The fourth-order valence-corrected chi connectivity index (χ4v) is 6.92. The van der Waals surface area contributed by atoms with Gasteiger partial charge >= 0.3 is 0 Å². The summed E-state index contributed by atoms with van der Waals surface area (Å²) in [7, 11) is 0. The summed E-state index contributed by atoms with van der Waals surface area (Å²) >= 11 is 0. The Morgan fingerprint density at radius 1 is 0.543 bits per heavy atom. The van der Waals surface area contributed by atoms with Crippen molar-refractivity contribution in [1.29, 1.82) is 0 Å². The van der Waals surface area contributed by atoms with Crippen LogP contribution in [0.1, 0.15) is 5.56 Å². The van der Waals surface area contributed by atoms with Crippen LogP contribution in [-0.4, -0.2) is 9.55 Å². The minimum Gasteiger partial charge on any atom is -0.438 e. The molecule has 218 valence electrons. The fourth-order valence-electron chi connectivity index (χ4n) is 6.92. The number of benzene rings is 6. The second-order valence-electron chi connectivity index (χ2n) is 11.7. The molecule has 4 nitrogen and oxygen atoms in total. The van der Waals surface area contributed by atoms with E-state index in [1.165, 1.54) is 32.9 Å². The van der Waals surface area contributed by atoms with Crippen molar-refractivity contribution in [1.82, 2.24) is 9.55 Å². The predicted octanol–water partition coefficient (Wildman–Crippen LogP) is 11.5. The number of para-hydroxylation sites is 3. The van der Waals surface area contributed by atoms with Crippen LogP contribution in [0.25, 0.3) is 60.7 Å². The number of nitrogens with zero attached hydrogens (tertiary/aromatic N) is 3. The van der Waals surface area contributed by atoms with Crippen LogP contribution in [0.3, 0.4) is 0 Å². The van der Waals surface area contributed by atoms with E-state index in [0.29, 0.717) is 5.71 Å². The van der Waals surface area contributed by atoms with Gasteiger partial charge in [0.05, 0.1) is 11.0 Å². The van der Waals surface area contributed by atoms with E-state index < -0.39 is 0 Å². The summed E-state index contributed by atoms with van der Waals surface area (Å²) < 4.78 is 8.56. The summed E-state index contributed by atoms with van der Waals surface area (Å²) in [6.45, 7) is 2.22. The lowest BCUT2D eigenvalue weighted by atomic mass is 9.98. The number of rotatable bonds is 5. The zero-order valence-corrected chi connectivity index (χ0v) is 25.3. The average molecular weight is 592 g/mol. The van der Waals surface area contributed by atoms with Crippen molar-refractivity contribution in [2.75, 3.05) is 4.90 Å². The van der Waals surface area contributed by atoms with Gasteiger partial charge < -0.3 is 13.9 Å². The van der Waals surface area contributed by atoms with Crippen molar-refractivity contribution in [3.05, 3.63) is 163 Å². The monoisotopic (exact) mass is 591 g/mol. The molecule has 9 aromatic rings. The summed E-state index contributed by atoms with van der Waals surface area (Å²) in [5, 5.41) is 4.56. The van der Waals surface area contributed by atoms with E-state index in [4.69, 9.17) is 4.42 Å². The van der Waals surface area contributed by atoms with Gasteiger partial charge in [-0.3, -0.25) is 0 Å². The topological polar surface area (TPSA) is 34.2 Å². The summed E-state index contributed by atoms with van der Waals surface area (Å²) in [6.07, 6.45) is 1.77. The summed E-state index contributed by atoms with van der Waals surface area (Å²) in [5.41, 5.74) is 11.9. The van der Waals surface area contributed by atoms with Crippen LogP contribution in [0.5, 0.6) is 0 Å². The zero-order chi connectivity index (χ0) is 30.6. The van der Waals surface area contributed by atoms with E-state index in [1.807, 2.05) is 6.07 Å². The van der Waals surface area contributed by atoms with Gasteiger partial charge in [0.1, 0.15) is 5.58 Å². The van der Waals surface area contributed by atoms with Crippen molar-refractivity contribution >= 4 is 60.9 Å². The first kappa shape index (κ1) is 26.3. The maximum atomic E-state index is 6.15. The lowest BCUT2D eigenvalue weighted by Crippen LogP contribution is -2.09. The number of furan rings is 1. The molecule has 0 spiro atoms. The summed E-state index contributed by atoms with van der Waals surface area (Å²) in [6, 6.07) is 53.8. The van der Waals surface area contributed by atoms with Crippen LogP contribution < -0.4 is 4.90 Å². The Labute approximate surface area is 266 Å². The van der Waals surface area contributed by atoms with E-state index >= 15 is 0 Å². The van der Waals surface area contributed by atoms with Gasteiger partial charge in [0, 0.05) is 50.5 Å². The van der Waals surface area contributed by atoms with Crippen LogP contribution in [0.2, 0.25) is 0 Å². The lowest BCUT2D eigenvalue weighted by molar-refractivity contribution is 0.654. The third-order valence-electron chi connectivity index (χ3n) is 9.05. The van der Waals surface area contributed by atoms with Crippen molar-refractivity contribution < 1.29 is 4.42 Å². The van der Waals surface area contributed by atoms with Crippen LogP contribution >= 0.6 is 0 Å². The summed E-state index contributed by atoms with van der Waals surface area (Å²) in [4.78, 5) is 6.74. The maximum Gasteiger partial charge on any atom is 0.227 e. The molecule has 0 saturated carbocycles. The molecule has 0 aliphatic carbocycles. The van der Waals surface area contributed by atoms with Gasteiger partial charge in [-0.15, -0.1) is 0 Å². The average Bonchev–Trinajstić information content (AvgIpc) is 3.64. The minimum absolute atomic E-state index is 0.669. The Hall–Kier alpha value is -6.13. The molecule has 6 aromatic carbocycles. The number of pyridine rings is 1. The highest BCUT2D eigenvalue weighted by atomic mass is 16.3. The Morgan fingerprint density at radius 3 is 2.07 bits per heavy atom. The molecule has 0 bridgehead atoms. The number of anilines is 3. The van der Waals surface area contributed by atoms with Gasteiger partial charge in [-0.05, 0) is 102 Å². The van der Waals surface area contributed by atoms with Crippen LogP contribution in [0.15, 0.2) is 162 Å². The van der Waals surface area contributed by atoms with E-state index in [9.17, 15) is 0 Å². The second kappa shape index (κ2) is 10.5. The van der Waals surface area contributed by atoms with Gasteiger partial charge in [-0.2, -0.15) is 0 Å². The van der Waals surface area contributed by atoms with Gasteiger partial charge in [0.2, 0.25) is 5.71 Å². The molecular weight excluding hydrogens is 562 g/mol. The molecule has 0 saturated heterocycles. The Bertz CT molecular complexity index is 2510. The molecule has 9 rings (SSSR count). The molecule has 3 heterocycles. The molecule has 0 aliphatic heterocycles. The summed E-state index contributed by atoms with van der Waals surface area (Å²) in [5.74, 6) is 0. The maximum absolute atomic E-state index is 6.15. The molecular formula is C42H29N3O. The van der Waals surface area contributed by atoms with Crippen molar-refractivity contribution in [2.45, 2.75) is 6.92 Å². The predicted molar refractivity (Wildman–Crippen MR) is 191 cm³/mol. The minimum atomic E-state index is 0.669. The highest BCUT2D eigenvalue weighted by molar-refractivity contribution is 6.11. The van der Waals surface area contributed by atoms with Crippen LogP contribution in [-0.2, 0) is 0 Å². The van der Waals surface area contributed by atoms with Gasteiger partial charge in [0.25, 0.3) is 0 Å². The van der Waals surface area contributed by atoms with Gasteiger partial charge in [-0.25, -0.2) is 4.98 Å². The molecule has 46 heavy (non-hydrogen) atoms. The first-order valence-corrected chi connectivity index (χ1v) is 15.6. The van der Waals surface area contributed by atoms with Gasteiger partial charge in [0.15, 0.2) is 0 Å². The smallest absolute Gasteiger partial charge is 0.227 e. The van der Waals surface area contributed by atoms with E-state index in [1.54, 1.807) is 6.20 Å². The van der Waals surface area contributed by atoms with Crippen molar-refractivity contribution in [3.63, 3.8) is 0 Å². The largest absolute Gasteiger partial charge is 0.438 e.